The lowest BCUT2D eigenvalue weighted by atomic mass is 9.76. The molecule has 1 aromatic carbocycles. The van der Waals surface area contributed by atoms with Gasteiger partial charge in [0.15, 0.2) is 23.3 Å². The van der Waals surface area contributed by atoms with E-state index in [1.54, 1.807) is 0 Å². The molecule has 26 heavy (non-hydrogen) atoms. The zero-order chi connectivity index (χ0) is 19.4. The highest BCUT2D eigenvalue weighted by Crippen LogP contribution is 2.52. The number of halogens is 4. The van der Waals surface area contributed by atoms with Crippen LogP contribution in [0.25, 0.3) is 0 Å². The third-order valence-electron chi connectivity index (χ3n) is 4.34. The van der Waals surface area contributed by atoms with E-state index < -0.39 is 73.7 Å². The van der Waals surface area contributed by atoms with E-state index in [1.165, 1.54) is 6.92 Å². The highest BCUT2D eigenvalue weighted by molar-refractivity contribution is 7.81. The molecule has 0 N–H and O–H groups in total. The topological polar surface area (TPSA) is 95.7 Å². The van der Waals surface area contributed by atoms with Crippen LogP contribution in [0, 0.1) is 39.3 Å². The second-order valence-corrected chi connectivity index (χ2v) is 6.92. The molecule has 0 heterocycles. The Morgan fingerprint density at radius 2 is 1.65 bits per heavy atom. The van der Waals surface area contributed by atoms with Crippen molar-refractivity contribution in [3.8, 4) is 0 Å². The summed E-state index contributed by atoms with van der Waals surface area (Å²) in [5.74, 6) is -10.8. The van der Waals surface area contributed by atoms with Gasteiger partial charge in [0, 0.05) is 16.1 Å². The normalized spacial score (nSPS) is 26.8. The second kappa shape index (κ2) is 6.28. The van der Waals surface area contributed by atoms with Crippen LogP contribution in [0.15, 0.2) is 12.2 Å². The Morgan fingerprint density at radius 1 is 1.08 bits per heavy atom. The Balaban J connectivity index is 2.26. The summed E-state index contributed by atoms with van der Waals surface area (Å²) in [6, 6.07) is -1.64. The monoisotopic (exact) mass is 397 g/mol. The largest absolute Gasteiger partial charge is 0.400 e. The lowest BCUT2D eigenvalue weighted by Gasteiger charge is -2.33. The van der Waals surface area contributed by atoms with Gasteiger partial charge in [0.1, 0.15) is 6.10 Å². The summed E-state index contributed by atoms with van der Waals surface area (Å²) in [5.41, 5.74) is -1.76. The van der Waals surface area contributed by atoms with Crippen molar-refractivity contribution in [2.45, 2.75) is 25.0 Å². The highest BCUT2D eigenvalue weighted by Gasteiger charge is 2.56. The first-order valence-electron chi connectivity index (χ1n) is 7.35. The molecule has 3 rings (SSSR count). The van der Waals surface area contributed by atoms with Crippen molar-refractivity contribution in [2.24, 2.45) is 5.92 Å². The lowest BCUT2D eigenvalue weighted by molar-refractivity contribution is -0.533. The van der Waals surface area contributed by atoms with Crippen molar-refractivity contribution >= 4 is 10.4 Å². The van der Waals surface area contributed by atoms with Gasteiger partial charge in [0.05, 0.1) is 18.4 Å². The summed E-state index contributed by atoms with van der Waals surface area (Å²) in [6.45, 7) is 0.939. The fourth-order valence-electron chi connectivity index (χ4n) is 3.41. The molecule has 2 bridgehead atoms. The number of hydrogen-bond donors (Lipinski definition) is 0. The maximum Gasteiger partial charge on any atom is 0.400 e. The molecule has 0 unspecified atom stereocenters. The fraction of sp³-hybridized carbons (Fsp3) is 0.429. The molecule has 2 aliphatic carbocycles. The maximum absolute atomic E-state index is 14.3. The summed E-state index contributed by atoms with van der Waals surface area (Å²) >= 11 is 0. The van der Waals surface area contributed by atoms with Gasteiger partial charge in [0.2, 0.25) is 6.04 Å². The molecule has 0 saturated carbocycles. The average molecular weight is 397 g/mol. The summed E-state index contributed by atoms with van der Waals surface area (Å²) in [4.78, 5) is 10.5. The van der Waals surface area contributed by atoms with Crippen LogP contribution < -0.4 is 0 Å². The van der Waals surface area contributed by atoms with Gasteiger partial charge in [-0.3, -0.25) is 10.1 Å². The Morgan fingerprint density at radius 3 is 2.19 bits per heavy atom. The van der Waals surface area contributed by atoms with Crippen LogP contribution in [0.3, 0.4) is 0 Å². The molecule has 1 aromatic rings. The molecule has 2 aliphatic rings. The van der Waals surface area contributed by atoms with Gasteiger partial charge in [-0.2, -0.15) is 8.42 Å². The van der Waals surface area contributed by atoms with Crippen molar-refractivity contribution in [1.82, 2.24) is 0 Å². The number of nitrogens with zero attached hydrogens (tertiary/aromatic N) is 1. The number of rotatable bonds is 5. The smallest absolute Gasteiger partial charge is 0.264 e. The predicted molar refractivity (Wildman–Crippen MR) is 76.8 cm³/mol. The van der Waals surface area contributed by atoms with Crippen molar-refractivity contribution in [3.63, 3.8) is 0 Å². The lowest BCUT2D eigenvalue weighted by Crippen LogP contribution is -2.41. The molecule has 0 aromatic heterocycles. The van der Waals surface area contributed by atoms with Gasteiger partial charge in [0.25, 0.3) is 0 Å². The van der Waals surface area contributed by atoms with Crippen LogP contribution in [0.1, 0.15) is 30.1 Å². The van der Waals surface area contributed by atoms with E-state index in [1.807, 2.05) is 0 Å². The number of hydrogen-bond acceptors (Lipinski definition) is 6. The minimum atomic E-state index is -4.76. The van der Waals surface area contributed by atoms with Crippen molar-refractivity contribution < 1.29 is 39.3 Å². The first-order chi connectivity index (χ1) is 12.1. The zero-order valence-electron chi connectivity index (χ0n) is 13.0. The maximum atomic E-state index is 14.3. The van der Waals surface area contributed by atoms with E-state index in [2.05, 4.69) is 8.37 Å². The first kappa shape index (κ1) is 18.7. The molecule has 142 valence electrons. The summed E-state index contributed by atoms with van der Waals surface area (Å²) in [7, 11) is -4.76. The highest BCUT2D eigenvalue weighted by atomic mass is 32.3. The molecule has 7 nitrogen and oxygen atoms in total. The van der Waals surface area contributed by atoms with Crippen molar-refractivity contribution in [1.29, 1.82) is 0 Å². The quantitative estimate of drug-likeness (QED) is 0.189. The Kier molecular flexibility index (Phi) is 4.53. The van der Waals surface area contributed by atoms with E-state index in [0.29, 0.717) is 0 Å². The standard InChI is InChI=1S/C14H11F4NO6S/c1-2-24-26(22,23)25-14-6-4-3-5(13(6)19(20)21)7-8(14)10(16)12(18)11(17)9(7)15/h3-6,13-14H,2H2,1H3/t5-,6-,13-,14+/m1/s1. The number of nitro groups is 1. The van der Waals surface area contributed by atoms with Crippen molar-refractivity contribution in [2.75, 3.05) is 6.61 Å². The van der Waals surface area contributed by atoms with Gasteiger partial charge in [-0.25, -0.2) is 25.9 Å². The van der Waals surface area contributed by atoms with Crippen LogP contribution in [-0.2, 0) is 18.8 Å². The fourth-order valence-corrected chi connectivity index (χ4v) is 4.23. The average Bonchev–Trinajstić information content (AvgIpc) is 2.92. The molecule has 0 spiro atoms. The van der Waals surface area contributed by atoms with Gasteiger partial charge >= 0.3 is 10.4 Å². The second-order valence-electron chi connectivity index (χ2n) is 5.68. The minimum Gasteiger partial charge on any atom is -0.264 e. The van der Waals surface area contributed by atoms with E-state index in [9.17, 15) is 36.1 Å². The van der Waals surface area contributed by atoms with Crippen LogP contribution in [0.2, 0.25) is 0 Å². The SMILES string of the molecule is CCOS(=O)(=O)O[C@@H]1c2c(F)c(F)c(F)c(F)c2[C@H]2C=C[C@@H]1[C@@H]2[N+](=O)[O-]. The van der Waals surface area contributed by atoms with Crippen molar-refractivity contribution in [3.05, 3.63) is 56.7 Å². The van der Waals surface area contributed by atoms with Gasteiger partial charge in [-0.15, -0.1) is 0 Å². The molecule has 4 atom stereocenters. The van der Waals surface area contributed by atoms with Gasteiger partial charge in [-0.05, 0) is 6.92 Å². The third kappa shape index (κ3) is 2.68. The molecular formula is C14H11F4NO6S. The van der Waals surface area contributed by atoms with E-state index in [0.717, 1.165) is 12.2 Å². The predicted octanol–water partition coefficient (Wildman–Crippen LogP) is 2.51. The third-order valence-corrected chi connectivity index (χ3v) is 5.31. The number of benzene rings is 1. The first-order valence-corrected chi connectivity index (χ1v) is 8.69. The van der Waals surface area contributed by atoms with Gasteiger partial charge in [-0.1, -0.05) is 12.2 Å². The molecule has 0 amide bonds. The van der Waals surface area contributed by atoms with Crippen LogP contribution >= 0.6 is 0 Å². The van der Waals surface area contributed by atoms with E-state index in [4.69, 9.17) is 0 Å². The molecular weight excluding hydrogens is 386 g/mol. The Bertz CT molecular complexity index is 919. The molecule has 0 radical (unpaired) electrons. The Labute approximate surface area is 144 Å². The zero-order valence-corrected chi connectivity index (χ0v) is 13.8. The molecule has 0 aliphatic heterocycles. The Hall–Kier alpha value is -2.05. The summed E-state index contributed by atoms with van der Waals surface area (Å²) in [5, 5.41) is 11.4. The summed E-state index contributed by atoms with van der Waals surface area (Å²) < 4.78 is 88.6. The van der Waals surface area contributed by atoms with Gasteiger partial charge < -0.3 is 0 Å². The molecule has 0 fully saturated rings. The minimum absolute atomic E-state index is 0.363. The number of fused-ring (bicyclic) bond motifs is 4. The molecule has 0 saturated heterocycles. The van der Waals surface area contributed by atoms with E-state index in [-0.39, 0.29) is 6.61 Å². The van der Waals surface area contributed by atoms with Crippen LogP contribution in [0.4, 0.5) is 17.6 Å². The van der Waals surface area contributed by atoms with E-state index >= 15 is 0 Å². The van der Waals surface area contributed by atoms with Crippen LogP contribution in [0.5, 0.6) is 0 Å². The van der Waals surface area contributed by atoms with Crippen LogP contribution in [-0.4, -0.2) is 26.0 Å². The summed E-state index contributed by atoms with van der Waals surface area (Å²) in [6.07, 6.45) is 0.267. The molecule has 12 heteroatoms.